The lowest BCUT2D eigenvalue weighted by molar-refractivity contribution is 0.311. The summed E-state index contributed by atoms with van der Waals surface area (Å²) in [5.41, 5.74) is 3.56. The third kappa shape index (κ3) is 5.64. The number of pyridine rings is 1. The van der Waals surface area contributed by atoms with E-state index in [1.54, 1.807) is 22.8 Å². The molecule has 7 nitrogen and oxygen atoms in total. The van der Waals surface area contributed by atoms with Gasteiger partial charge in [0.1, 0.15) is 17.3 Å². The van der Waals surface area contributed by atoms with Crippen molar-refractivity contribution in [2.45, 2.75) is 6.92 Å². The van der Waals surface area contributed by atoms with Crippen LogP contribution in [-0.4, -0.2) is 49.3 Å². The van der Waals surface area contributed by atoms with E-state index in [0.29, 0.717) is 23.0 Å². The summed E-state index contributed by atoms with van der Waals surface area (Å²) >= 11 is 6.08. The van der Waals surface area contributed by atoms with Crippen LogP contribution in [-0.2, 0) is 0 Å². The Balaban J connectivity index is 1.75. The van der Waals surface area contributed by atoms with Crippen LogP contribution in [0, 0.1) is 0 Å². The standard InChI is InChI=1S/C30H30ClN5O2/c1-3-38-26-15-9-22(10-16-26)27-21-28(37)36(25-7-5-4-6-8-25)30(35-19-17-34(2)18-20-35)29(27)33-32-24-13-11-23(31)12-14-24/h4-16,21H,3,17-20H2,1-2H3. The quantitative estimate of drug-likeness (QED) is 0.250. The molecule has 0 saturated carbocycles. The molecule has 194 valence electrons. The average molecular weight is 528 g/mol. The summed E-state index contributed by atoms with van der Waals surface area (Å²) in [5, 5.41) is 10.0. The first-order chi connectivity index (χ1) is 18.5. The number of para-hydroxylation sites is 1. The number of anilines is 1. The van der Waals surface area contributed by atoms with Crippen LogP contribution in [0.3, 0.4) is 0 Å². The number of likely N-dealkylation sites (N-methyl/N-ethyl adjacent to an activating group) is 1. The molecule has 0 atom stereocenters. The number of azo groups is 1. The summed E-state index contributed by atoms with van der Waals surface area (Å²) in [6, 6.07) is 26.3. The predicted octanol–water partition coefficient (Wildman–Crippen LogP) is 6.72. The maximum absolute atomic E-state index is 13.8. The highest BCUT2D eigenvalue weighted by atomic mass is 35.5. The number of nitrogens with zero attached hydrogens (tertiary/aromatic N) is 5. The molecule has 1 saturated heterocycles. The summed E-state index contributed by atoms with van der Waals surface area (Å²) in [7, 11) is 2.11. The predicted molar refractivity (Wildman–Crippen MR) is 154 cm³/mol. The van der Waals surface area contributed by atoms with Gasteiger partial charge in [-0.1, -0.05) is 41.9 Å². The topological polar surface area (TPSA) is 62.4 Å². The molecule has 1 aliphatic rings. The Morgan fingerprint density at radius 1 is 0.868 bits per heavy atom. The molecular formula is C30H30ClN5O2. The summed E-state index contributed by atoms with van der Waals surface area (Å²) in [4.78, 5) is 18.3. The lowest BCUT2D eigenvalue weighted by Gasteiger charge is -2.36. The molecule has 38 heavy (non-hydrogen) atoms. The summed E-state index contributed by atoms with van der Waals surface area (Å²) in [6.07, 6.45) is 0. The number of aromatic nitrogens is 1. The normalized spacial score (nSPS) is 14.2. The lowest BCUT2D eigenvalue weighted by Crippen LogP contribution is -2.46. The molecule has 0 radical (unpaired) electrons. The van der Waals surface area contributed by atoms with Gasteiger partial charge in [-0.3, -0.25) is 9.36 Å². The number of piperazine rings is 1. The highest BCUT2D eigenvalue weighted by molar-refractivity contribution is 6.30. The van der Waals surface area contributed by atoms with E-state index in [9.17, 15) is 4.79 Å². The van der Waals surface area contributed by atoms with Crippen LogP contribution in [0.5, 0.6) is 5.75 Å². The molecule has 0 amide bonds. The lowest BCUT2D eigenvalue weighted by atomic mass is 10.0. The molecule has 4 aromatic rings. The molecule has 1 aliphatic heterocycles. The molecule has 8 heteroatoms. The largest absolute Gasteiger partial charge is 0.494 e. The molecule has 0 bridgehead atoms. The summed E-state index contributed by atoms with van der Waals surface area (Å²) < 4.78 is 7.39. The van der Waals surface area contributed by atoms with Crippen LogP contribution in [0.2, 0.25) is 5.02 Å². The zero-order valence-corrected chi connectivity index (χ0v) is 22.3. The maximum Gasteiger partial charge on any atom is 0.257 e. The van der Waals surface area contributed by atoms with Crippen molar-refractivity contribution in [1.29, 1.82) is 0 Å². The monoisotopic (exact) mass is 527 g/mol. The Bertz CT molecular complexity index is 1460. The van der Waals surface area contributed by atoms with Crippen molar-refractivity contribution in [1.82, 2.24) is 9.47 Å². The average Bonchev–Trinajstić information content (AvgIpc) is 2.94. The highest BCUT2D eigenvalue weighted by Gasteiger charge is 2.25. The van der Waals surface area contributed by atoms with Crippen LogP contribution in [0.25, 0.3) is 16.8 Å². The number of hydrogen-bond acceptors (Lipinski definition) is 6. The van der Waals surface area contributed by atoms with Crippen molar-refractivity contribution in [2.75, 3.05) is 44.7 Å². The van der Waals surface area contributed by atoms with Crippen molar-refractivity contribution >= 4 is 28.8 Å². The smallest absolute Gasteiger partial charge is 0.257 e. The first-order valence-electron chi connectivity index (χ1n) is 12.7. The fraction of sp³-hybridized carbons (Fsp3) is 0.233. The Kier molecular flexibility index (Phi) is 7.86. The van der Waals surface area contributed by atoms with Gasteiger partial charge in [0.05, 0.1) is 18.0 Å². The molecule has 0 spiro atoms. The molecule has 5 rings (SSSR count). The Hall–Kier alpha value is -3.94. The number of ether oxygens (including phenoxy) is 1. The number of halogens is 1. The molecular weight excluding hydrogens is 498 g/mol. The third-order valence-corrected chi connectivity index (χ3v) is 6.80. The van der Waals surface area contributed by atoms with Crippen molar-refractivity contribution in [3.05, 3.63) is 100 Å². The van der Waals surface area contributed by atoms with Gasteiger partial charge in [-0.2, -0.15) is 5.11 Å². The van der Waals surface area contributed by atoms with Crippen LogP contribution >= 0.6 is 11.6 Å². The van der Waals surface area contributed by atoms with E-state index in [0.717, 1.165) is 54.6 Å². The van der Waals surface area contributed by atoms with E-state index >= 15 is 0 Å². The second kappa shape index (κ2) is 11.6. The van der Waals surface area contributed by atoms with E-state index in [2.05, 4.69) is 22.0 Å². The van der Waals surface area contributed by atoms with Crippen molar-refractivity contribution in [3.63, 3.8) is 0 Å². The maximum atomic E-state index is 13.8. The van der Waals surface area contributed by atoms with Crippen molar-refractivity contribution < 1.29 is 4.74 Å². The first kappa shape index (κ1) is 25.7. The van der Waals surface area contributed by atoms with Crippen molar-refractivity contribution in [3.8, 4) is 22.6 Å². The van der Waals surface area contributed by atoms with E-state index < -0.39 is 0 Å². The van der Waals surface area contributed by atoms with Gasteiger partial charge in [-0.05, 0) is 68.1 Å². The molecule has 0 unspecified atom stereocenters. The second-order valence-electron chi connectivity index (χ2n) is 9.16. The van der Waals surface area contributed by atoms with Gasteiger partial charge in [-0.25, -0.2) is 0 Å². The van der Waals surface area contributed by atoms with Crippen molar-refractivity contribution in [2.24, 2.45) is 10.2 Å². The van der Waals surface area contributed by atoms with Gasteiger partial charge in [0.2, 0.25) is 0 Å². The van der Waals surface area contributed by atoms with E-state index in [1.807, 2.05) is 73.7 Å². The Labute approximate surface area is 227 Å². The zero-order valence-electron chi connectivity index (χ0n) is 21.5. The van der Waals surface area contributed by atoms with Crippen LogP contribution in [0.1, 0.15) is 6.92 Å². The molecule has 0 aliphatic carbocycles. The third-order valence-electron chi connectivity index (χ3n) is 6.55. The minimum absolute atomic E-state index is 0.126. The van der Waals surface area contributed by atoms with E-state index in [-0.39, 0.29) is 5.56 Å². The number of hydrogen-bond donors (Lipinski definition) is 0. The minimum Gasteiger partial charge on any atom is -0.494 e. The minimum atomic E-state index is -0.126. The van der Waals surface area contributed by atoms with E-state index in [1.165, 1.54) is 0 Å². The van der Waals surface area contributed by atoms with Gasteiger partial charge in [-0.15, -0.1) is 5.11 Å². The van der Waals surface area contributed by atoms with Gasteiger partial charge in [0.25, 0.3) is 5.56 Å². The molecule has 3 aromatic carbocycles. The SMILES string of the molecule is CCOc1ccc(-c2cc(=O)n(-c3ccccc3)c(N3CCN(C)CC3)c2N=Nc2ccc(Cl)cc2)cc1. The molecule has 0 N–H and O–H groups in total. The number of rotatable bonds is 7. The fourth-order valence-electron chi connectivity index (χ4n) is 4.55. The van der Waals surface area contributed by atoms with E-state index in [4.69, 9.17) is 21.5 Å². The molecule has 1 fully saturated rings. The second-order valence-corrected chi connectivity index (χ2v) is 9.60. The summed E-state index contributed by atoms with van der Waals surface area (Å²) in [6.45, 7) is 5.82. The fourth-order valence-corrected chi connectivity index (χ4v) is 4.68. The number of benzene rings is 3. The van der Waals surface area contributed by atoms with Crippen LogP contribution in [0.15, 0.2) is 100.0 Å². The van der Waals surface area contributed by atoms with Gasteiger partial charge >= 0.3 is 0 Å². The summed E-state index contributed by atoms with van der Waals surface area (Å²) in [5.74, 6) is 1.51. The molecule has 2 heterocycles. The first-order valence-corrected chi connectivity index (χ1v) is 13.1. The van der Waals surface area contributed by atoms with Gasteiger partial charge in [0.15, 0.2) is 0 Å². The van der Waals surface area contributed by atoms with Crippen LogP contribution in [0.4, 0.5) is 17.2 Å². The Morgan fingerprint density at radius 2 is 1.55 bits per heavy atom. The van der Waals surface area contributed by atoms with Gasteiger partial charge < -0.3 is 14.5 Å². The molecule has 1 aromatic heterocycles. The van der Waals surface area contributed by atoms with Crippen LogP contribution < -0.4 is 15.2 Å². The zero-order chi connectivity index (χ0) is 26.5. The van der Waals surface area contributed by atoms with Gasteiger partial charge in [0, 0.05) is 42.8 Å². The highest BCUT2D eigenvalue weighted by Crippen LogP contribution is 2.40. The Morgan fingerprint density at radius 3 is 2.21 bits per heavy atom.